The molecule has 1 heterocycles. The maximum atomic E-state index is 5.37. The second-order valence-electron chi connectivity index (χ2n) is 1.65. The van der Waals surface area contributed by atoms with Crippen LogP contribution in [0.5, 0.6) is 0 Å². The Kier molecular flexibility index (Phi) is 0.665. The standard InChI is InChI=1S/C4H8N2/c1-3(5)4-2-6-4/h2-4H,5H2,1H3. The van der Waals surface area contributed by atoms with Crippen LogP contribution in [0.3, 0.4) is 0 Å². The zero-order valence-corrected chi connectivity index (χ0v) is 3.76. The topological polar surface area (TPSA) is 38.4 Å². The van der Waals surface area contributed by atoms with Crippen molar-refractivity contribution in [2.75, 3.05) is 0 Å². The fourth-order valence-corrected chi connectivity index (χ4v) is 0.321. The first-order valence-corrected chi connectivity index (χ1v) is 2.09. The van der Waals surface area contributed by atoms with Gasteiger partial charge in [0, 0.05) is 12.3 Å². The van der Waals surface area contributed by atoms with Crippen LogP contribution in [-0.4, -0.2) is 18.3 Å². The summed E-state index contributed by atoms with van der Waals surface area (Å²) < 4.78 is 0. The van der Waals surface area contributed by atoms with Gasteiger partial charge in [0.1, 0.15) is 0 Å². The van der Waals surface area contributed by atoms with Crippen LogP contribution in [0.4, 0.5) is 0 Å². The Labute approximate surface area is 37.1 Å². The largest absolute Gasteiger partial charge is 0.326 e. The fourth-order valence-electron chi connectivity index (χ4n) is 0.321. The number of nitrogens with two attached hydrogens (primary N) is 1. The average Bonchev–Trinajstić information content (AvgIpc) is 2.06. The van der Waals surface area contributed by atoms with Gasteiger partial charge in [0.2, 0.25) is 0 Å². The van der Waals surface area contributed by atoms with Crippen molar-refractivity contribution in [1.29, 1.82) is 0 Å². The van der Waals surface area contributed by atoms with Gasteiger partial charge in [-0.1, -0.05) is 0 Å². The highest BCUT2D eigenvalue weighted by Crippen LogP contribution is 2.02. The number of hydrogen-bond donors (Lipinski definition) is 1. The van der Waals surface area contributed by atoms with Crippen molar-refractivity contribution in [3.05, 3.63) is 0 Å². The summed E-state index contributed by atoms with van der Waals surface area (Å²) in [6, 6.07) is 0.620. The van der Waals surface area contributed by atoms with E-state index >= 15 is 0 Å². The summed E-state index contributed by atoms with van der Waals surface area (Å²) in [7, 11) is 0. The predicted octanol–water partition coefficient (Wildman–Crippen LogP) is -0.213. The second kappa shape index (κ2) is 1.05. The molecule has 0 fully saturated rings. The lowest BCUT2D eigenvalue weighted by Gasteiger charge is -1.93. The Balaban J connectivity index is 2.16. The van der Waals surface area contributed by atoms with Gasteiger partial charge in [-0.3, -0.25) is 4.99 Å². The molecule has 0 aromatic carbocycles. The Hall–Kier alpha value is -0.370. The molecule has 0 aromatic rings. The lowest BCUT2D eigenvalue weighted by atomic mass is 10.3. The van der Waals surface area contributed by atoms with Gasteiger partial charge in [-0.25, -0.2) is 0 Å². The van der Waals surface area contributed by atoms with Crippen LogP contribution in [-0.2, 0) is 0 Å². The highest BCUT2D eigenvalue weighted by Gasteiger charge is 2.16. The predicted molar refractivity (Wildman–Crippen MR) is 25.9 cm³/mol. The molecule has 0 aliphatic carbocycles. The molecule has 0 radical (unpaired) electrons. The molecule has 0 bridgehead atoms. The van der Waals surface area contributed by atoms with Crippen molar-refractivity contribution in [2.24, 2.45) is 10.7 Å². The molecule has 0 amide bonds. The van der Waals surface area contributed by atoms with E-state index in [1.165, 1.54) is 0 Å². The number of aliphatic imine (C=N–C) groups is 1. The van der Waals surface area contributed by atoms with Crippen LogP contribution in [0.1, 0.15) is 6.92 Å². The second-order valence-corrected chi connectivity index (χ2v) is 1.65. The fraction of sp³-hybridized carbons (Fsp3) is 0.750. The van der Waals surface area contributed by atoms with Gasteiger partial charge in [0.05, 0.1) is 6.04 Å². The highest BCUT2D eigenvalue weighted by molar-refractivity contribution is 5.78. The molecule has 0 saturated carbocycles. The molecule has 34 valence electrons. The Morgan fingerprint density at radius 3 is 2.50 bits per heavy atom. The normalized spacial score (nSPS) is 33.3. The molecular formula is C4H8N2. The minimum Gasteiger partial charge on any atom is -0.326 e. The Morgan fingerprint density at radius 2 is 2.50 bits per heavy atom. The minimum atomic E-state index is 0.241. The van der Waals surface area contributed by atoms with Gasteiger partial charge in [-0.15, -0.1) is 0 Å². The summed E-state index contributed by atoms with van der Waals surface area (Å²) in [6.45, 7) is 1.96. The molecule has 0 aromatic heterocycles. The van der Waals surface area contributed by atoms with E-state index < -0.39 is 0 Å². The van der Waals surface area contributed by atoms with Crippen molar-refractivity contribution in [2.45, 2.75) is 19.0 Å². The third kappa shape index (κ3) is 0.571. The molecule has 1 aliphatic heterocycles. The summed E-state index contributed by atoms with van der Waals surface area (Å²) in [5, 5.41) is 0. The molecule has 2 heteroatoms. The van der Waals surface area contributed by atoms with Crippen molar-refractivity contribution >= 4 is 6.21 Å². The highest BCUT2D eigenvalue weighted by atomic mass is 15.0. The minimum absolute atomic E-state index is 0.241. The maximum Gasteiger partial charge on any atom is 0.0990 e. The van der Waals surface area contributed by atoms with E-state index in [-0.39, 0.29) is 6.04 Å². The van der Waals surface area contributed by atoms with E-state index in [1.807, 2.05) is 13.1 Å². The van der Waals surface area contributed by atoms with Crippen LogP contribution in [0.2, 0.25) is 0 Å². The number of rotatable bonds is 1. The van der Waals surface area contributed by atoms with Crippen molar-refractivity contribution in [3.63, 3.8) is 0 Å². The van der Waals surface area contributed by atoms with E-state index in [2.05, 4.69) is 4.99 Å². The summed E-state index contributed by atoms with van der Waals surface area (Å²) in [6.07, 6.45) is 1.87. The van der Waals surface area contributed by atoms with Crippen LogP contribution in [0.15, 0.2) is 4.99 Å². The van der Waals surface area contributed by atoms with Gasteiger partial charge in [-0.05, 0) is 6.92 Å². The molecule has 2 nitrogen and oxygen atoms in total. The molecule has 2 N–H and O–H groups in total. The first kappa shape index (κ1) is 3.81. The van der Waals surface area contributed by atoms with E-state index in [4.69, 9.17) is 5.73 Å². The van der Waals surface area contributed by atoms with E-state index in [0.29, 0.717) is 6.04 Å². The van der Waals surface area contributed by atoms with Crippen LogP contribution in [0.25, 0.3) is 0 Å². The van der Waals surface area contributed by atoms with Crippen molar-refractivity contribution < 1.29 is 0 Å². The third-order valence-electron chi connectivity index (χ3n) is 0.860. The third-order valence-corrected chi connectivity index (χ3v) is 0.860. The molecule has 2 atom stereocenters. The van der Waals surface area contributed by atoms with Crippen LogP contribution < -0.4 is 5.73 Å². The van der Waals surface area contributed by atoms with Crippen LogP contribution in [0, 0.1) is 0 Å². The SMILES string of the molecule is CC(N)C1C=N1. The lowest BCUT2D eigenvalue weighted by Crippen LogP contribution is -2.22. The quantitative estimate of drug-likeness (QED) is 0.469. The lowest BCUT2D eigenvalue weighted by molar-refractivity contribution is 0.743. The van der Waals surface area contributed by atoms with Crippen molar-refractivity contribution in [3.8, 4) is 0 Å². The summed E-state index contributed by atoms with van der Waals surface area (Å²) in [4.78, 5) is 3.85. The Morgan fingerprint density at radius 1 is 2.00 bits per heavy atom. The first-order chi connectivity index (χ1) is 2.80. The number of nitrogens with zero attached hydrogens (tertiary/aromatic N) is 1. The van der Waals surface area contributed by atoms with Gasteiger partial charge in [0.25, 0.3) is 0 Å². The average molecular weight is 84.1 g/mol. The molecular weight excluding hydrogens is 76.1 g/mol. The zero-order valence-electron chi connectivity index (χ0n) is 3.76. The van der Waals surface area contributed by atoms with Gasteiger partial charge >= 0.3 is 0 Å². The van der Waals surface area contributed by atoms with Gasteiger partial charge in [0.15, 0.2) is 0 Å². The monoisotopic (exact) mass is 84.1 g/mol. The molecule has 0 saturated heterocycles. The summed E-state index contributed by atoms with van der Waals surface area (Å²) in [5.41, 5.74) is 5.37. The van der Waals surface area contributed by atoms with Gasteiger partial charge in [-0.2, -0.15) is 0 Å². The smallest absolute Gasteiger partial charge is 0.0990 e. The molecule has 2 unspecified atom stereocenters. The van der Waals surface area contributed by atoms with Gasteiger partial charge < -0.3 is 5.73 Å². The Bertz CT molecular complexity index is 69.6. The molecule has 0 spiro atoms. The summed E-state index contributed by atoms with van der Waals surface area (Å²) in [5.74, 6) is 0. The molecule has 1 rings (SSSR count). The van der Waals surface area contributed by atoms with Crippen LogP contribution >= 0.6 is 0 Å². The maximum absolute atomic E-state index is 5.37. The van der Waals surface area contributed by atoms with E-state index in [1.54, 1.807) is 0 Å². The first-order valence-electron chi connectivity index (χ1n) is 2.09. The number of hydrogen-bond acceptors (Lipinski definition) is 2. The summed E-state index contributed by atoms with van der Waals surface area (Å²) >= 11 is 0. The van der Waals surface area contributed by atoms with E-state index in [9.17, 15) is 0 Å². The van der Waals surface area contributed by atoms with E-state index in [0.717, 1.165) is 0 Å². The van der Waals surface area contributed by atoms with Crippen molar-refractivity contribution in [1.82, 2.24) is 0 Å². The zero-order chi connectivity index (χ0) is 4.57. The molecule has 1 aliphatic rings. The molecule has 6 heavy (non-hydrogen) atoms.